The van der Waals surface area contributed by atoms with Crippen molar-refractivity contribution in [1.29, 1.82) is 0 Å². The van der Waals surface area contributed by atoms with Crippen LogP contribution in [0.25, 0.3) is 10.9 Å². The van der Waals surface area contributed by atoms with Crippen molar-refractivity contribution in [2.45, 2.75) is 6.10 Å². The smallest absolute Gasteiger partial charge is 0.252 e. The standard InChI is InChI=1S/C16H18FN3O5S/c1-26(23,24)20-4-5-25-11(9-20)8-18-16(22)13-7-15(21)19-14-6-10(17)2-3-12(13)14/h2-3,6-7,11H,4-5,8-9H2,1H3,(H,18,22)(H,19,21)/t11-/m1/s1. The number of sulfonamides is 1. The number of nitrogens with zero attached hydrogens (tertiary/aromatic N) is 1. The third-order valence-electron chi connectivity index (χ3n) is 4.11. The molecule has 140 valence electrons. The highest BCUT2D eigenvalue weighted by Gasteiger charge is 2.27. The highest BCUT2D eigenvalue weighted by molar-refractivity contribution is 7.88. The van der Waals surface area contributed by atoms with Gasteiger partial charge in [0.25, 0.3) is 5.91 Å². The monoisotopic (exact) mass is 383 g/mol. The molecule has 0 bridgehead atoms. The zero-order valence-electron chi connectivity index (χ0n) is 14.0. The molecule has 0 unspecified atom stereocenters. The van der Waals surface area contributed by atoms with Crippen molar-refractivity contribution in [3.05, 3.63) is 46.0 Å². The third kappa shape index (κ3) is 4.09. The Morgan fingerprint density at radius 2 is 2.19 bits per heavy atom. The summed E-state index contributed by atoms with van der Waals surface area (Å²) in [5.41, 5.74) is -0.190. The Morgan fingerprint density at radius 1 is 1.42 bits per heavy atom. The highest BCUT2D eigenvalue weighted by atomic mass is 32.2. The van der Waals surface area contributed by atoms with Gasteiger partial charge in [0.2, 0.25) is 15.6 Å². The fourth-order valence-corrected chi connectivity index (χ4v) is 3.68. The van der Waals surface area contributed by atoms with Crippen LogP contribution in [0.3, 0.4) is 0 Å². The fraction of sp³-hybridized carbons (Fsp3) is 0.375. The van der Waals surface area contributed by atoms with Crippen molar-refractivity contribution in [2.24, 2.45) is 0 Å². The van der Waals surface area contributed by atoms with E-state index in [0.717, 1.165) is 18.4 Å². The summed E-state index contributed by atoms with van der Waals surface area (Å²) in [6.07, 6.45) is 0.628. The summed E-state index contributed by atoms with van der Waals surface area (Å²) in [5, 5.41) is 3.05. The van der Waals surface area contributed by atoms with Gasteiger partial charge < -0.3 is 15.0 Å². The van der Waals surface area contributed by atoms with E-state index in [0.29, 0.717) is 5.39 Å². The van der Waals surface area contributed by atoms with E-state index in [1.54, 1.807) is 0 Å². The van der Waals surface area contributed by atoms with E-state index in [2.05, 4.69) is 10.3 Å². The molecule has 10 heteroatoms. The number of aromatic nitrogens is 1. The van der Waals surface area contributed by atoms with Gasteiger partial charge in [-0.3, -0.25) is 9.59 Å². The number of nitrogens with one attached hydrogen (secondary N) is 2. The Labute approximate surface area is 149 Å². The molecular formula is C16H18FN3O5S. The first-order chi connectivity index (χ1) is 12.2. The molecule has 3 rings (SSSR count). The molecule has 0 spiro atoms. The predicted octanol–water partition coefficient (Wildman–Crippen LogP) is 0.0574. The Morgan fingerprint density at radius 3 is 2.92 bits per heavy atom. The Bertz CT molecular complexity index is 1000. The molecular weight excluding hydrogens is 365 g/mol. The lowest BCUT2D eigenvalue weighted by atomic mass is 10.1. The Kier molecular flexibility index (Phi) is 5.08. The number of hydrogen-bond donors (Lipinski definition) is 2. The molecule has 0 saturated carbocycles. The van der Waals surface area contributed by atoms with Gasteiger partial charge in [0.15, 0.2) is 0 Å². The molecule has 2 N–H and O–H groups in total. The van der Waals surface area contributed by atoms with Gasteiger partial charge in [-0.2, -0.15) is 4.31 Å². The summed E-state index contributed by atoms with van der Waals surface area (Å²) in [7, 11) is -3.33. The number of pyridine rings is 1. The summed E-state index contributed by atoms with van der Waals surface area (Å²) >= 11 is 0. The van der Waals surface area contributed by atoms with Gasteiger partial charge >= 0.3 is 0 Å². The van der Waals surface area contributed by atoms with Crippen molar-refractivity contribution >= 4 is 26.8 Å². The lowest BCUT2D eigenvalue weighted by Crippen LogP contribution is -2.49. The Hall–Kier alpha value is -2.30. The number of amides is 1. The lowest BCUT2D eigenvalue weighted by molar-refractivity contribution is 0.000446. The first kappa shape index (κ1) is 18.5. The summed E-state index contributed by atoms with van der Waals surface area (Å²) in [6.45, 7) is 0.731. The first-order valence-corrected chi connectivity index (χ1v) is 9.76. The van der Waals surface area contributed by atoms with Gasteiger partial charge in [0.1, 0.15) is 5.82 Å². The summed E-state index contributed by atoms with van der Waals surface area (Å²) < 4.78 is 43.3. The van der Waals surface area contributed by atoms with Gasteiger partial charge in [0, 0.05) is 31.1 Å². The van der Waals surface area contributed by atoms with Crippen molar-refractivity contribution in [3.8, 4) is 0 Å². The van der Waals surface area contributed by atoms with E-state index in [1.165, 1.54) is 16.4 Å². The average Bonchev–Trinajstić information content (AvgIpc) is 2.58. The molecule has 26 heavy (non-hydrogen) atoms. The number of H-pyrrole nitrogens is 1. The van der Waals surface area contributed by atoms with Gasteiger partial charge in [-0.05, 0) is 18.2 Å². The van der Waals surface area contributed by atoms with Crippen LogP contribution in [0.15, 0.2) is 29.1 Å². The predicted molar refractivity (Wildman–Crippen MR) is 93.0 cm³/mol. The summed E-state index contributed by atoms with van der Waals surface area (Å²) in [4.78, 5) is 26.7. The number of benzene rings is 1. The van der Waals surface area contributed by atoms with Crippen molar-refractivity contribution < 1.29 is 22.3 Å². The van der Waals surface area contributed by atoms with E-state index in [1.807, 2.05) is 0 Å². The topological polar surface area (TPSA) is 109 Å². The maximum absolute atomic E-state index is 13.3. The second kappa shape index (κ2) is 7.14. The Balaban J connectivity index is 1.75. The van der Waals surface area contributed by atoms with Gasteiger partial charge in [-0.15, -0.1) is 0 Å². The molecule has 1 amide bonds. The molecule has 2 aromatic rings. The molecule has 1 aromatic carbocycles. The van der Waals surface area contributed by atoms with Gasteiger partial charge in [0.05, 0.1) is 30.0 Å². The molecule has 1 aliphatic rings. The van der Waals surface area contributed by atoms with E-state index in [4.69, 9.17) is 4.74 Å². The number of ether oxygens (including phenoxy) is 1. The molecule has 1 saturated heterocycles. The van der Waals surface area contributed by atoms with Crippen molar-refractivity contribution in [2.75, 3.05) is 32.5 Å². The number of carbonyl (C=O) groups is 1. The van der Waals surface area contributed by atoms with E-state index in [9.17, 15) is 22.4 Å². The maximum Gasteiger partial charge on any atom is 0.252 e. The average molecular weight is 383 g/mol. The largest absolute Gasteiger partial charge is 0.374 e. The molecule has 1 aliphatic heterocycles. The number of aromatic amines is 1. The lowest BCUT2D eigenvalue weighted by Gasteiger charge is -2.31. The molecule has 1 atom stereocenters. The van der Waals surface area contributed by atoms with Crippen molar-refractivity contribution in [3.63, 3.8) is 0 Å². The second-order valence-corrected chi connectivity index (χ2v) is 8.04. The normalized spacial score (nSPS) is 18.8. The number of carbonyl (C=O) groups excluding carboxylic acids is 1. The first-order valence-electron chi connectivity index (χ1n) is 7.91. The quantitative estimate of drug-likeness (QED) is 0.776. The van der Waals surface area contributed by atoms with Crippen LogP contribution in [0.4, 0.5) is 4.39 Å². The van der Waals surface area contributed by atoms with Crippen LogP contribution in [-0.4, -0.2) is 62.2 Å². The van der Waals surface area contributed by atoms with Crippen LogP contribution in [-0.2, 0) is 14.8 Å². The van der Waals surface area contributed by atoms with Crippen LogP contribution in [0.2, 0.25) is 0 Å². The van der Waals surface area contributed by atoms with Crippen LogP contribution in [0.5, 0.6) is 0 Å². The van der Waals surface area contributed by atoms with Gasteiger partial charge in [-0.1, -0.05) is 0 Å². The highest BCUT2D eigenvalue weighted by Crippen LogP contribution is 2.16. The van der Waals surface area contributed by atoms with Crippen LogP contribution < -0.4 is 10.9 Å². The fourth-order valence-electron chi connectivity index (χ4n) is 2.84. The minimum absolute atomic E-state index is 0.0837. The zero-order chi connectivity index (χ0) is 18.9. The van der Waals surface area contributed by atoms with E-state index in [-0.39, 0.29) is 37.3 Å². The van der Waals surface area contributed by atoms with Crippen LogP contribution in [0, 0.1) is 5.82 Å². The molecule has 2 heterocycles. The van der Waals surface area contributed by atoms with Crippen LogP contribution in [0.1, 0.15) is 10.4 Å². The number of rotatable bonds is 4. The summed E-state index contributed by atoms with van der Waals surface area (Å²) in [6, 6.07) is 4.89. The number of halogens is 1. The molecule has 0 radical (unpaired) electrons. The van der Waals surface area contributed by atoms with Crippen molar-refractivity contribution in [1.82, 2.24) is 14.6 Å². The second-order valence-electron chi connectivity index (χ2n) is 6.06. The van der Waals surface area contributed by atoms with E-state index < -0.39 is 33.4 Å². The SMILES string of the molecule is CS(=O)(=O)N1CCO[C@H](CNC(=O)c2cc(=O)[nH]c3cc(F)ccc23)C1. The molecule has 8 nitrogen and oxygen atoms in total. The molecule has 1 fully saturated rings. The number of morpholine rings is 1. The molecule has 1 aromatic heterocycles. The van der Waals surface area contributed by atoms with E-state index >= 15 is 0 Å². The minimum atomic E-state index is -3.33. The third-order valence-corrected chi connectivity index (χ3v) is 5.38. The number of hydrogen-bond acceptors (Lipinski definition) is 5. The zero-order valence-corrected chi connectivity index (χ0v) is 14.8. The maximum atomic E-state index is 13.3. The summed E-state index contributed by atoms with van der Waals surface area (Å²) in [5.74, 6) is -1.05. The molecule has 0 aliphatic carbocycles. The number of fused-ring (bicyclic) bond motifs is 1. The minimum Gasteiger partial charge on any atom is -0.374 e. The van der Waals surface area contributed by atoms with Gasteiger partial charge in [-0.25, -0.2) is 12.8 Å². The van der Waals surface area contributed by atoms with Crippen LogP contribution >= 0.6 is 0 Å².